The summed E-state index contributed by atoms with van der Waals surface area (Å²) in [7, 11) is 1.63. The summed E-state index contributed by atoms with van der Waals surface area (Å²) in [4.78, 5) is 13.8. The minimum absolute atomic E-state index is 0.586. The number of hydrogen-bond donors (Lipinski definition) is 0. The van der Waals surface area contributed by atoms with E-state index in [1.165, 1.54) is 6.08 Å². The number of methoxy groups -OCH3 is 1. The molecule has 3 heteroatoms. The zero-order valence-electron chi connectivity index (χ0n) is 9.38. The molecule has 0 saturated heterocycles. The smallest absolute Gasteiger partial charge is 0.240 e. The van der Waals surface area contributed by atoms with Gasteiger partial charge < -0.3 is 4.74 Å². The van der Waals surface area contributed by atoms with Gasteiger partial charge in [-0.15, -0.1) is 0 Å². The Morgan fingerprint density at radius 2 is 1.94 bits per heavy atom. The lowest BCUT2D eigenvalue weighted by molar-refractivity contribution is 0.416. The molecule has 0 amide bonds. The number of benzene rings is 2. The van der Waals surface area contributed by atoms with Crippen LogP contribution in [0.25, 0.3) is 11.1 Å². The third kappa shape index (κ3) is 2.41. The van der Waals surface area contributed by atoms with Gasteiger partial charge in [0, 0.05) is 5.56 Å². The number of aliphatic imine (C=N–C) groups is 1. The van der Waals surface area contributed by atoms with Crippen molar-refractivity contribution in [3.63, 3.8) is 0 Å². The summed E-state index contributed by atoms with van der Waals surface area (Å²) in [6, 6.07) is 15.1. The highest BCUT2D eigenvalue weighted by molar-refractivity contribution is 5.73. The lowest BCUT2D eigenvalue weighted by Gasteiger charge is -2.08. The van der Waals surface area contributed by atoms with Gasteiger partial charge in [-0.3, -0.25) is 0 Å². The predicted octanol–water partition coefficient (Wildman–Crippen LogP) is 3.33. The first-order chi connectivity index (χ1) is 8.35. The van der Waals surface area contributed by atoms with Crippen LogP contribution in [0.1, 0.15) is 0 Å². The average Bonchev–Trinajstić information content (AvgIpc) is 2.39. The Morgan fingerprint density at radius 3 is 2.71 bits per heavy atom. The van der Waals surface area contributed by atoms with Crippen LogP contribution in [0.3, 0.4) is 0 Å². The van der Waals surface area contributed by atoms with Gasteiger partial charge in [-0.2, -0.15) is 4.99 Å². The molecule has 0 aliphatic heterocycles. The average molecular weight is 225 g/mol. The molecule has 0 spiro atoms. The number of carbonyl (C=O) groups excluding carboxylic acids is 1. The van der Waals surface area contributed by atoms with Crippen molar-refractivity contribution in [2.75, 3.05) is 7.11 Å². The number of nitrogens with zero attached hydrogens (tertiary/aromatic N) is 1. The van der Waals surface area contributed by atoms with E-state index in [1.807, 2.05) is 42.5 Å². The predicted molar refractivity (Wildman–Crippen MR) is 66.2 cm³/mol. The Hall–Kier alpha value is -2.38. The molecule has 0 unspecified atom stereocenters. The van der Waals surface area contributed by atoms with E-state index in [-0.39, 0.29) is 0 Å². The Morgan fingerprint density at radius 1 is 1.12 bits per heavy atom. The van der Waals surface area contributed by atoms with Crippen LogP contribution in [0.4, 0.5) is 5.69 Å². The van der Waals surface area contributed by atoms with E-state index >= 15 is 0 Å². The van der Waals surface area contributed by atoms with Gasteiger partial charge in [0.25, 0.3) is 0 Å². The zero-order chi connectivity index (χ0) is 12.1. The van der Waals surface area contributed by atoms with Gasteiger partial charge in [-0.25, -0.2) is 4.79 Å². The fourth-order valence-electron chi connectivity index (χ4n) is 1.68. The summed E-state index contributed by atoms with van der Waals surface area (Å²) in [6.45, 7) is 0. The Bertz CT molecular complexity index is 572. The molecule has 0 atom stereocenters. The summed E-state index contributed by atoms with van der Waals surface area (Å²) in [6.07, 6.45) is 1.54. The molecule has 0 fully saturated rings. The summed E-state index contributed by atoms with van der Waals surface area (Å²) in [5, 5.41) is 0. The molecule has 0 radical (unpaired) electrons. The Balaban J connectivity index is 2.52. The molecule has 2 aromatic rings. The van der Waals surface area contributed by atoms with Gasteiger partial charge in [0.15, 0.2) is 0 Å². The fourth-order valence-corrected chi connectivity index (χ4v) is 1.68. The quantitative estimate of drug-likeness (QED) is 0.593. The third-order valence-electron chi connectivity index (χ3n) is 2.44. The summed E-state index contributed by atoms with van der Waals surface area (Å²) in [5.74, 6) is 0.791. The highest BCUT2D eigenvalue weighted by atomic mass is 16.5. The van der Waals surface area contributed by atoms with E-state index in [0.717, 1.165) is 16.9 Å². The molecular weight excluding hydrogens is 214 g/mol. The van der Waals surface area contributed by atoms with Crippen LogP contribution in [0, 0.1) is 0 Å². The summed E-state index contributed by atoms with van der Waals surface area (Å²) >= 11 is 0. The van der Waals surface area contributed by atoms with E-state index < -0.39 is 0 Å². The van der Waals surface area contributed by atoms with Crippen LogP contribution >= 0.6 is 0 Å². The number of para-hydroxylation sites is 1. The van der Waals surface area contributed by atoms with Crippen molar-refractivity contribution in [2.45, 2.75) is 0 Å². The van der Waals surface area contributed by atoms with Gasteiger partial charge in [0.1, 0.15) is 5.75 Å². The molecule has 0 aliphatic carbocycles. The normalized spacial score (nSPS) is 9.47. The van der Waals surface area contributed by atoms with Gasteiger partial charge in [-0.1, -0.05) is 30.3 Å². The molecule has 84 valence electrons. The Labute approximate surface area is 99.4 Å². The van der Waals surface area contributed by atoms with Crippen molar-refractivity contribution in [3.8, 4) is 16.9 Å². The first-order valence-electron chi connectivity index (χ1n) is 5.16. The second kappa shape index (κ2) is 5.10. The third-order valence-corrected chi connectivity index (χ3v) is 2.44. The molecule has 17 heavy (non-hydrogen) atoms. The van der Waals surface area contributed by atoms with E-state index in [2.05, 4.69) is 4.99 Å². The fraction of sp³-hybridized carbons (Fsp3) is 0.0714. The number of isocyanates is 1. The second-order valence-electron chi connectivity index (χ2n) is 3.45. The van der Waals surface area contributed by atoms with Crippen molar-refractivity contribution >= 4 is 11.8 Å². The van der Waals surface area contributed by atoms with Crippen molar-refractivity contribution < 1.29 is 9.53 Å². The maximum absolute atomic E-state index is 10.2. The first-order valence-corrected chi connectivity index (χ1v) is 5.16. The van der Waals surface area contributed by atoms with Crippen LogP contribution in [0.2, 0.25) is 0 Å². The maximum atomic E-state index is 10.2. The van der Waals surface area contributed by atoms with Gasteiger partial charge in [-0.05, 0) is 23.8 Å². The largest absolute Gasteiger partial charge is 0.496 e. The van der Waals surface area contributed by atoms with E-state index in [4.69, 9.17) is 4.74 Å². The first kappa shape index (κ1) is 11.1. The Kier molecular flexibility index (Phi) is 3.34. The maximum Gasteiger partial charge on any atom is 0.240 e. The molecule has 0 heterocycles. The van der Waals surface area contributed by atoms with E-state index in [9.17, 15) is 4.79 Å². The van der Waals surface area contributed by atoms with E-state index in [0.29, 0.717) is 5.69 Å². The standard InChI is InChI=1S/C14H11NO2/c1-17-14-8-3-2-7-13(14)11-5-4-6-12(9-11)15-10-16/h2-9H,1H3. The van der Waals surface area contributed by atoms with Crippen molar-refractivity contribution in [1.29, 1.82) is 0 Å². The van der Waals surface area contributed by atoms with Crippen LogP contribution in [0.5, 0.6) is 5.75 Å². The lowest BCUT2D eigenvalue weighted by atomic mass is 10.0. The number of hydrogen-bond acceptors (Lipinski definition) is 3. The van der Waals surface area contributed by atoms with Crippen LogP contribution in [-0.4, -0.2) is 13.2 Å². The monoisotopic (exact) mass is 225 g/mol. The number of ether oxygens (including phenoxy) is 1. The minimum Gasteiger partial charge on any atom is -0.496 e. The van der Waals surface area contributed by atoms with Gasteiger partial charge in [0.2, 0.25) is 6.08 Å². The molecule has 0 N–H and O–H groups in total. The number of rotatable bonds is 3. The topological polar surface area (TPSA) is 38.7 Å². The summed E-state index contributed by atoms with van der Waals surface area (Å²) < 4.78 is 5.29. The highest BCUT2D eigenvalue weighted by Crippen LogP contribution is 2.31. The highest BCUT2D eigenvalue weighted by Gasteiger charge is 2.04. The lowest BCUT2D eigenvalue weighted by Crippen LogP contribution is -1.86. The molecule has 0 aliphatic rings. The SMILES string of the molecule is COc1ccccc1-c1cccc(N=C=O)c1. The molecule has 3 nitrogen and oxygen atoms in total. The van der Waals surface area contributed by atoms with Crippen LogP contribution in [-0.2, 0) is 4.79 Å². The molecule has 2 rings (SSSR count). The van der Waals surface area contributed by atoms with Crippen molar-refractivity contribution in [3.05, 3.63) is 48.5 Å². The molecular formula is C14H11NO2. The van der Waals surface area contributed by atoms with Gasteiger partial charge in [0.05, 0.1) is 12.8 Å². The second-order valence-corrected chi connectivity index (χ2v) is 3.45. The van der Waals surface area contributed by atoms with Crippen LogP contribution < -0.4 is 4.74 Å². The zero-order valence-corrected chi connectivity index (χ0v) is 9.38. The summed E-state index contributed by atoms with van der Waals surface area (Å²) in [5.41, 5.74) is 2.51. The van der Waals surface area contributed by atoms with Gasteiger partial charge >= 0.3 is 0 Å². The van der Waals surface area contributed by atoms with Crippen molar-refractivity contribution in [1.82, 2.24) is 0 Å². The van der Waals surface area contributed by atoms with Crippen molar-refractivity contribution in [2.24, 2.45) is 4.99 Å². The molecule has 2 aromatic carbocycles. The van der Waals surface area contributed by atoms with E-state index in [1.54, 1.807) is 13.2 Å². The molecule has 0 saturated carbocycles. The molecule has 0 aromatic heterocycles. The minimum atomic E-state index is 0.586. The molecule has 0 bridgehead atoms. The van der Waals surface area contributed by atoms with Crippen LogP contribution in [0.15, 0.2) is 53.5 Å².